The highest BCUT2D eigenvalue weighted by molar-refractivity contribution is 6.03. The van der Waals surface area contributed by atoms with Crippen LogP contribution in [0.5, 0.6) is 0 Å². The van der Waals surface area contributed by atoms with Crippen LogP contribution in [0.25, 0.3) is 0 Å². The molecule has 0 amide bonds. The molecular formula is C27H40N2O2. The number of furan rings is 1. The number of hydrogen-bond donors (Lipinski definition) is 0. The van der Waals surface area contributed by atoms with Crippen molar-refractivity contribution >= 4 is 5.71 Å². The lowest BCUT2D eigenvalue weighted by Crippen LogP contribution is -2.45. The molecule has 1 aromatic rings. The second-order valence-corrected chi connectivity index (χ2v) is 10.7. The van der Waals surface area contributed by atoms with Crippen LogP contribution in [0.15, 0.2) is 15.8 Å². The van der Waals surface area contributed by atoms with E-state index in [2.05, 4.69) is 42.7 Å². The summed E-state index contributed by atoms with van der Waals surface area (Å²) in [4.78, 5) is 8.41. The molecule has 0 aromatic carbocycles. The fraction of sp³-hybridized carbons (Fsp3) is 0.741. The van der Waals surface area contributed by atoms with Crippen molar-refractivity contribution < 1.29 is 9.25 Å². The summed E-state index contributed by atoms with van der Waals surface area (Å²) in [5.74, 6) is 7.70. The molecule has 1 aromatic heterocycles. The number of oxime groups is 1. The minimum Gasteiger partial charge on any atom is -0.468 e. The Morgan fingerprint density at radius 3 is 2.29 bits per heavy atom. The van der Waals surface area contributed by atoms with Crippen LogP contribution in [0.4, 0.5) is 0 Å². The lowest BCUT2D eigenvalue weighted by molar-refractivity contribution is 0.0960. The van der Waals surface area contributed by atoms with Crippen LogP contribution in [0.3, 0.4) is 0 Å². The van der Waals surface area contributed by atoms with Crippen LogP contribution in [-0.4, -0.2) is 35.8 Å². The number of rotatable bonds is 5. The Morgan fingerprint density at radius 2 is 1.65 bits per heavy atom. The third kappa shape index (κ3) is 5.75. The zero-order chi connectivity index (χ0) is 21.7. The smallest absolute Gasteiger partial charge is 0.177 e. The van der Waals surface area contributed by atoms with Gasteiger partial charge in [-0.1, -0.05) is 69.4 Å². The quantitative estimate of drug-likeness (QED) is 0.318. The Labute approximate surface area is 188 Å². The average Bonchev–Trinajstić information content (AvgIpc) is 3.13. The summed E-state index contributed by atoms with van der Waals surface area (Å²) in [6, 6.07) is 1.47. The van der Waals surface area contributed by atoms with Crippen molar-refractivity contribution in [1.29, 1.82) is 0 Å². The van der Waals surface area contributed by atoms with Crippen molar-refractivity contribution in [2.24, 2.45) is 10.6 Å². The van der Waals surface area contributed by atoms with Crippen molar-refractivity contribution in [2.75, 3.05) is 13.2 Å². The third-order valence-corrected chi connectivity index (χ3v) is 7.41. The molecule has 0 radical (unpaired) electrons. The summed E-state index contributed by atoms with van der Waals surface area (Å²) in [6.45, 7) is 7.84. The summed E-state index contributed by atoms with van der Waals surface area (Å²) in [5.41, 5.74) is 3.44. The first kappa shape index (κ1) is 22.5. The number of nitrogens with zero attached hydrogens (tertiary/aromatic N) is 2. The Balaban J connectivity index is 1.35. The van der Waals surface area contributed by atoms with Crippen LogP contribution < -0.4 is 0 Å². The van der Waals surface area contributed by atoms with E-state index in [0.717, 1.165) is 54.1 Å². The highest BCUT2D eigenvalue weighted by atomic mass is 16.6. The van der Waals surface area contributed by atoms with Gasteiger partial charge in [0.1, 0.15) is 5.76 Å². The van der Waals surface area contributed by atoms with Crippen molar-refractivity contribution in [1.82, 2.24) is 4.90 Å². The highest BCUT2D eigenvalue weighted by Crippen LogP contribution is 2.37. The molecule has 0 saturated heterocycles. The fourth-order valence-electron chi connectivity index (χ4n) is 5.86. The van der Waals surface area contributed by atoms with Gasteiger partial charge < -0.3 is 9.25 Å². The van der Waals surface area contributed by atoms with Gasteiger partial charge in [-0.3, -0.25) is 4.90 Å². The van der Waals surface area contributed by atoms with Gasteiger partial charge in [0.25, 0.3) is 0 Å². The van der Waals surface area contributed by atoms with Gasteiger partial charge >= 0.3 is 0 Å². The monoisotopic (exact) mass is 424 g/mol. The van der Waals surface area contributed by atoms with Gasteiger partial charge in [-0.05, 0) is 50.0 Å². The molecule has 4 heteroatoms. The Bertz CT molecular complexity index is 796. The predicted molar refractivity (Wildman–Crippen MR) is 126 cm³/mol. The van der Waals surface area contributed by atoms with E-state index in [1.807, 2.05) is 6.26 Å². The first-order valence-corrected chi connectivity index (χ1v) is 12.5. The topological polar surface area (TPSA) is 38.0 Å². The zero-order valence-corrected chi connectivity index (χ0v) is 19.8. The van der Waals surface area contributed by atoms with Crippen molar-refractivity contribution in [3.8, 4) is 11.8 Å². The lowest BCUT2D eigenvalue weighted by Gasteiger charge is -2.40. The van der Waals surface area contributed by atoms with Gasteiger partial charge in [-0.15, -0.1) is 0 Å². The van der Waals surface area contributed by atoms with E-state index in [9.17, 15) is 0 Å². The van der Waals surface area contributed by atoms with E-state index in [-0.39, 0.29) is 5.41 Å². The van der Waals surface area contributed by atoms with E-state index >= 15 is 0 Å². The van der Waals surface area contributed by atoms with Crippen LogP contribution in [-0.2, 0) is 11.3 Å². The standard InChI is InChI=1S/C27H40N2O2/c1-21-20-30-25-19-27(2,3)18-24(26(21)25)28-31-17-11-10-16-29(22-12-6-4-7-13-22)23-14-8-5-9-15-23/h20,22-23H,4-9,12-19H2,1-3H3/b28-24+. The highest BCUT2D eigenvalue weighted by Gasteiger charge is 2.33. The summed E-state index contributed by atoms with van der Waals surface area (Å²) in [6.07, 6.45) is 17.4. The van der Waals surface area contributed by atoms with E-state index in [1.54, 1.807) is 0 Å². The molecule has 0 spiro atoms. The van der Waals surface area contributed by atoms with E-state index in [1.165, 1.54) is 64.2 Å². The summed E-state index contributed by atoms with van der Waals surface area (Å²) >= 11 is 0. The third-order valence-electron chi connectivity index (χ3n) is 7.41. The van der Waals surface area contributed by atoms with E-state index in [0.29, 0.717) is 6.61 Å². The van der Waals surface area contributed by atoms with Gasteiger partial charge in [0.15, 0.2) is 6.61 Å². The molecule has 3 aliphatic carbocycles. The lowest BCUT2D eigenvalue weighted by atomic mass is 9.75. The van der Waals surface area contributed by atoms with Gasteiger partial charge in [-0.2, -0.15) is 0 Å². The molecule has 2 saturated carbocycles. The number of hydrogen-bond acceptors (Lipinski definition) is 4. The van der Waals surface area contributed by atoms with Crippen LogP contribution in [0, 0.1) is 24.2 Å². The Morgan fingerprint density at radius 1 is 1.00 bits per heavy atom. The summed E-state index contributed by atoms with van der Waals surface area (Å²) in [7, 11) is 0. The van der Waals surface area contributed by atoms with Gasteiger partial charge in [0, 0.05) is 24.1 Å². The molecule has 3 aliphatic rings. The molecule has 1 heterocycles. The maximum absolute atomic E-state index is 5.77. The molecule has 0 aliphatic heterocycles. The molecule has 2 fully saturated rings. The minimum absolute atomic E-state index is 0.145. The fourth-order valence-corrected chi connectivity index (χ4v) is 5.86. The number of aryl methyl sites for hydroxylation is 1. The van der Waals surface area contributed by atoms with Gasteiger partial charge in [-0.25, -0.2) is 0 Å². The van der Waals surface area contributed by atoms with Crippen LogP contribution in [0.1, 0.15) is 101 Å². The molecule has 0 unspecified atom stereocenters. The molecule has 4 nitrogen and oxygen atoms in total. The zero-order valence-electron chi connectivity index (χ0n) is 19.8. The van der Waals surface area contributed by atoms with Crippen LogP contribution in [0.2, 0.25) is 0 Å². The van der Waals surface area contributed by atoms with Crippen LogP contribution >= 0.6 is 0 Å². The Hall–Kier alpha value is -1.73. The van der Waals surface area contributed by atoms with Crippen molar-refractivity contribution in [2.45, 2.75) is 110 Å². The molecule has 170 valence electrons. The molecular weight excluding hydrogens is 384 g/mol. The number of fused-ring (bicyclic) bond motifs is 1. The predicted octanol–water partition coefficient (Wildman–Crippen LogP) is 6.25. The van der Waals surface area contributed by atoms with E-state index in [4.69, 9.17) is 9.25 Å². The molecule has 4 rings (SSSR count). The first-order chi connectivity index (χ1) is 15.0. The molecule has 0 N–H and O–H groups in total. The maximum atomic E-state index is 5.77. The minimum atomic E-state index is 0.145. The summed E-state index contributed by atoms with van der Waals surface area (Å²) < 4.78 is 5.77. The maximum Gasteiger partial charge on any atom is 0.177 e. The largest absolute Gasteiger partial charge is 0.468 e. The van der Waals surface area contributed by atoms with Gasteiger partial charge in [0.05, 0.1) is 18.5 Å². The van der Waals surface area contributed by atoms with Gasteiger partial charge in [0.2, 0.25) is 0 Å². The van der Waals surface area contributed by atoms with E-state index < -0.39 is 0 Å². The van der Waals surface area contributed by atoms with Crippen molar-refractivity contribution in [3.05, 3.63) is 23.2 Å². The molecule has 31 heavy (non-hydrogen) atoms. The second kappa shape index (κ2) is 10.3. The first-order valence-electron chi connectivity index (χ1n) is 12.5. The molecule has 0 atom stereocenters. The Kier molecular flexibility index (Phi) is 7.43. The second-order valence-electron chi connectivity index (χ2n) is 10.7. The molecule has 0 bridgehead atoms. The van der Waals surface area contributed by atoms with Crippen molar-refractivity contribution in [3.63, 3.8) is 0 Å². The normalized spacial score (nSPS) is 23.4. The average molecular weight is 425 g/mol. The SMILES string of the molecule is Cc1coc2c1/C(=N/OCC#CCN(C1CCCCC1)C1CCCCC1)CC(C)(C)C2. The summed E-state index contributed by atoms with van der Waals surface area (Å²) in [5, 5.41) is 4.49.